The minimum atomic E-state index is 0.0496. The SMILES string of the molecule is CCc1occc1C(=O)N1CCC(N)C1. The highest BCUT2D eigenvalue weighted by atomic mass is 16.3. The number of aryl methyl sites for hydroxylation is 1. The van der Waals surface area contributed by atoms with Crippen molar-refractivity contribution < 1.29 is 9.21 Å². The first-order chi connectivity index (χ1) is 7.22. The topological polar surface area (TPSA) is 59.5 Å². The average Bonchev–Trinajstić information content (AvgIpc) is 2.84. The van der Waals surface area contributed by atoms with Crippen molar-refractivity contribution in [1.82, 2.24) is 4.90 Å². The summed E-state index contributed by atoms with van der Waals surface area (Å²) in [6.07, 6.45) is 3.21. The molecule has 1 atom stereocenters. The smallest absolute Gasteiger partial charge is 0.257 e. The zero-order valence-corrected chi connectivity index (χ0v) is 8.90. The number of nitrogens with two attached hydrogens (primary N) is 1. The maximum Gasteiger partial charge on any atom is 0.257 e. The van der Waals surface area contributed by atoms with E-state index in [0.717, 1.165) is 25.1 Å². The second kappa shape index (κ2) is 4.06. The van der Waals surface area contributed by atoms with Crippen molar-refractivity contribution in [2.24, 2.45) is 5.73 Å². The predicted molar refractivity (Wildman–Crippen MR) is 56.6 cm³/mol. The fraction of sp³-hybridized carbons (Fsp3) is 0.545. The summed E-state index contributed by atoms with van der Waals surface area (Å²) < 4.78 is 5.24. The zero-order chi connectivity index (χ0) is 10.8. The minimum absolute atomic E-state index is 0.0496. The van der Waals surface area contributed by atoms with E-state index in [1.807, 2.05) is 6.92 Å². The van der Waals surface area contributed by atoms with Gasteiger partial charge in [0.1, 0.15) is 5.76 Å². The van der Waals surface area contributed by atoms with E-state index in [9.17, 15) is 4.79 Å². The number of nitrogens with zero attached hydrogens (tertiary/aromatic N) is 1. The summed E-state index contributed by atoms with van der Waals surface area (Å²) in [6, 6.07) is 1.87. The Kier molecular flexibility index (Phi) is 2.77. The highest BCUT2D eigenvalue weighted by Gasteiger charge is 2.26. The number of carbonyl (C=O) groups excluding carboxylic acids is 1. The van der Waals surface area contributed by atoms with Crippen LogP contribution in [0.5, 0.6) is 0 Å². The molecule has 2 rings (SSSR count). The molecule has 0 radical (unpaired) electrons. The summed E-state index contributed by atoms with van der Waals surface area (Å²) in [7, 11) is 0. The third-order valence-electron chi connectivity index (χ3n) is 2.81. The number of rotatable bonds is 2. The molecule has 0 bridgehead atoms. The van der Waals surface area contributed by atoms with E-state index < -0.39 is 0 Å². The van der Waals surface area contributed by atoms with Gasteiger partial charge >= 0.3 is 0 Å². The van der Waals surface area contributed by atoms with E-state index in [2.05, 4.69) is 0 Å². The largest absolute Gasteiger partial charge is 0.469 e. The van der Waals surface area contributed by atoms with Gasteiger partial charge < -0.3 is 15.1 Å². The first-order valence-corrected chi connectivity index (χ1v) is 5.33. The molecule has 1 aromatic heterocycles. The van der Waals surface area contributed by atoms with E-state index in [4.69, 9.17) is 10.2 Å². The van der Waals surface area contributed by atoms with Gasteiger partial charge in [-0.2, -0.15) is 0 Å². The van der Waals surface area contributed by atoms with Crippen molar-refractivity contribution in [3.8, 4) is 0 Å². The lowest BCUT2D eigenvalue weighted by Crippen LogP contribution is -2.32. The van der Waals surface area contributed by atoms with Gasteiger partial charge in [-0.05, 0) is 12.5 Å². The van der Waals surface area contributed by atoms with Crippen molar-refractivity contribution in [2.45, 2.75) is 25.8 Å². The molecule has 0 saturated carbocycles. The molecule has 1 aliphatic rings. The number of furan rings is 1. The fourth-order valence-corrected chi connectivity index (χ4v) is 1.95. The Bertz CT molecular complexity index is 359. The van der Waals surface area contributed by atoms with Gasteiger partial charge in [0, 0.05) is 25.6 Å². The molecule has 1 fully saturated rings. The molecule has 0 aromatic carbocycles. The van der Waals surface area contributed by atoms with E-state index >= 15 is 0 Å². The van der Waals surface area contributed by atoms with Crippen LogP contribution in [0.25, 0.3) is 0 Å². The summed E-state index contributed by atoms with van der Waals surface area (Å²) in [5.41, 5.74) is 6.46. The van der Waals surface area contributed by atoms with Crippen LogP contribution in [0.1, 0.15) is 29.5 Å². The Labute approximate surface area is 89.0 Å². The van der Waals surface area contributed by atoms with Gasteiger partial charge in [0.25, 0.3) is 5.91 Å². The van der Waals surface area contributed by atoms with Crippen molar-refractivity contribution in [3.63, 3.8) is 0 Å². The van der Waals surface area contributed by atoms with Gasteiger partial charge in [-0.15, -0.1) is 0 Å². The number of amides is 1. The molecule has 1 aromatic rings. The highest BCUT2D eigenvalue weighted by molar-refractivity contribution is 5.95. The first kappa shape index (κ1) is 10.2. The van der Waals surface area contributed by atoms with E-state index in [-0.39, 0.29) is 11.9 Å². The lowest BCUT2D eigenvalue weighted by atomic mass is 10.2. The Balaban J connectivity index is 2.14. The maximum absolute atomic E-state index is 12.0. The lowest BCUT2D eigenvalue weighted by Gasteiger charge is -2.15. The van der Waals surface area contributed by atoms with Crippen LogP contribution in [0.2, 0.25) is 0 Å². The van der Waals surface area contributed by atoms with Gasteiger partial charge in [0.05, 0.1) is 11.8 Å². The molecule has 1 unspecified atom stereocenters. The highest BCUT2D eigenvalue weighted by Crippen LogP contribution is 2.17. The number of hydrogen-bond acceptors (Lipinski definition) is 3. The molecule has 1 amide bonds. The number of likely N-dealkylation sites (tertiary alicyclic amines) is 1. The monoisotopic (exact) mass is 208 g/mol. The predicted octanol–water partition coefficient (Wildman–Crippen LogP) is 1.02. The summed E-state index contributed by atoms with van der Waals surface area (Å²) in [5, 5.41) is 0. The van der Waals surface area contributed by atoms with Gasteiger partial charge in [-0.25, -0.2) is 0 Å². The van der Waals surface area contributed by atoms with Crippen LogP contribution in [0.15, 0.2) is 16.7 Å². The maximum atomic E-state index is 12.0. The van der Waals surface area contributed by atoms with E-state index in [0.29, 0.717) is 12.1 Å². The first-order valence-electron chi connectivity index (χ1n) is 5.33. The molecule has 82 valence electrons. The normalized spacial score (nSPS) is 20.9. The van der Waals surface area contributed by atoms with Gasteiger partial charge in [0.2, 0.25) is 0 Å². The van der Waals surface area contributed by atoms with Crippen LogP contribution in [0, 0.1) is 0 Å². The third kappa shape index (κ3) is 1.90. The Morgan fingerprint density at radius 3 is 3.13 bits per heavy atom. The second-order valence-electron chi connectivity index (χ2n) is 3.91. The third-order valence-corrected chi connectivity index (χ3v) is 2.81. The van der Waals surface area contributed by atoms with Crippen molar-refractivity contribution in [2.75, 3.05) is 13.1 Å². The van der Waals surface area contributed by atoms with Crippen LogP contribution < -0.4 is 5.73 Å². The van der Waals surface area contributed by atoms with Crippen LogP contribution in [0.3, 0.4) is 0 Å². The summed E-state index contributed by atoms with van der Waals surface area (Å²) in [5.74, 6) is 0.814. The molecule has 4 heteroatoms. The molecule has 0 spiro atoms. The molecular weight excluding hydrogens is 192 g/mol. The van der Waals surface area contributed by atoms with E-state index in [1.54, 1.807) is 17.2 Å². The Morgan fingerprint density at radius 2 is 2.53 bits per heavy atom. The van der Waals surface area contributed by atoms with Gasteiger partial charge in [-0.3, -0.25) is 4.79 Å². The molecule has 0 aliphatic carbocycles. The van der Waals surface area contributed by atoms with Crippen LogP contribution in [-0.2, 0) is 6.42 Å². The molecular formula is C11H16N2O2. The van der Waals surface area contributed by atoms with Gasteiger partial charge in [0.15, 0.2) is 0 Å². The Hall–Kier alpha value is -1.29. The van der Waals surface area contributed by atoms with Crippen LogP contribution in [0.4, 0.5) is 0 Å². The quantitative estimate of drug-likeness (QED) is 0.789. The standard InChI is InChI=1S/C11H16N2O2/c1-2-10-9(4-6-15-10)11(14)13-5-3-8(12)7-13/h4,6,8H,2-3,5,7,12H2,1H3. The molecule has 4 nitrogen and oxygen atoms in total. The molecule has 1 aliphatic heterocycles. The van der Waals surface area contributed by atoms with Crippen molar-refractivity contribution in [1.29, 1.82) is 0 Å². The van der Waals surface area contributed by atoms with Crippen molar-refractivity contribution in [3.05, 3.63) is 23.7 Å². The minimum Gasteiger partial charge on any atom is -0.469 e. The van der Waals surface area contributed by atoms with Crippen molar-refractivity contribution >= 4 is 5.91 Å². The molecule has 2 heterocycles. The lowest BCUT2D eigenvalue weighted by molar-refractivity contribution is 0.0788. The summed E-state index contributed by atoms with van der Waals surface area (Å²) in [6.45, 7) is 3.40. The fourth-order valence-electron chi connectivity index (χ4n) is 1.95. The molecule has 15 heavy (non-hydrogen) atoms. The van der Waals surface area contributed by atoms with E-state index in [1.165, 1.54) is 0 Å². The number of carbonyl (C=O) groups is 1. The van der Waals surface area contributed by atoms with Crippen LogP contribution >= 0.6 is 0 Å². The van der Waals surface area contributed by atoms with Crippen LogP contribution in [-0.4, -0.2) is 29.9 Å². The summed E-state index contributed by atoms with van der Waals surface area (Å²) in [4.78, 5) is 13.8. The molecule has 1 saturated heterocycles. The molecule has 2 N–H and O–H groups in total. The summed E-state index contributed by atoms with van der Waals surface area (Å²) >= 11 is 0. The second-order valence-corrected chi connectivity index (χ2v) is 3.91. The number of hydrogen-bond donors (Lipinski definition) is 1. The van der Waals surface area contributed by atoms with Gasteiger partial charge in [-0.1, -0.05) is 6.92 Å². The zero-order valence-electron chi connectivity index (χ0n) is 8.90. The average molecular weight is 208 g/mol. The Morgan fingerprint density at radius 1 is 1.73 bits per heavy atom.